The minimum atomic E-state index is -4.81. The Morgan fingerprint density at radius 1 is 0.842 bits per heavy atom. The molecule has 0 spiro atoms. The van der Waals surface area contributed by atoms with Crippen LogP contribution < -0.4 is 15.4 Å². The van der Waals surface area contributed by atoms with Crippen LogP contribution in [0.5, 0.6) is 5.75 Å². The maximum absolute atomic E-state index is 12.5. The third-order valence-electron chi connectivity index (χ3n) is 4.63. The average Bonchev–Trinajstić information content (AvgIpc) is 2.78. The predicted molar refractivity (Wildman–Crippen MR) is 143 cm³/mol. The molecular formula is C27H24Cl2F3N3O3. The highest BCUT2D eigenvalue weighted by Crippen LogP contribution is 2.25. The normalized spacial score (nSPS) is 12.1. The molecule has 0 unspecified atom stereocenters. The summed E-state index contributed by atoms with van der Waals surface area (Å²) in [6.07, 6.45) is -3.34. The van der Waals surface area contributed by atoms with E-state index in [0.29, 0.717) is 38.4 Å². The Labute approximate surface area is 227 Å². The Morgan fingerprint density at radius 3 is 1.82 bits per heavy atom. The van der Waals surface area contributed by atoms with Crippen molar-refractivity contribution in [2.45, 2.75) is 32.7 Å². The molecule has 0 heterocycles. The van der Waals surface area contributed by atoms with E-state index < -0.39 is 17.9 Å². The van der Waals surface area contributed by atoms with Gasteiger partial charge in [0.2, 0.25) is 0 Å². The Hall–Kier alpha value is -3.69. The minimum Gasteiger partial charge on any atom is -0.456 e. The molecule has 3 aromatic carbocycles. The summed E-state index contributed by atoms with van der Waals surface area (Å²) < 4.78 is 46.7. The molecule has 6 nitrogen and oxygen atoms in total. The number of ether oxygens (including phenoxy) is 2. The number of halogens is 5. The van der Waals surface area contributed by atoms with E-state index in [0.717, 1.165) is 12.1 Å². The summed E-state index contributed by atoms with van der Waals surface area (Å²) in [5.41, 5.74) is 1.18. The van der Waals surface area contributed by atoms with Crippen molar-refractivity contribution >= 4 is 46.3 Å². The van der Waals surface area contributed by atoms with Crippen LogP contribution in [0.4, 0.5) is 24.5 Å². The van der Waals surface area contributed by atoms with E-state index >= 15 is 0 Å². The van der Waals surface area contributed by atoms with Crippen molar-refractivity contribution in [3.63, 3.8) is 0 Å². The summed E-state index contributed by atoms with van der Waals surface area (Å²) in [7, 11) is 0. The second-order valence-electron chi connectivity index (χ2n) is 9.03. The fourth-order valence-corrected chi connectivity index (χ4v) is 3.64. The molecule has 0 aromatic heterocycles. The molecule has 0 aliphatic carbocycles. The third kappa shape index (κ3) is 9.32. The molecule has 0 aliphatic rings. The molecule has 0 bridgehead atoms. The van der Waals surface area contributed by atoms with E-state index in [4.69, 9.17) is 33.3 Å². The van der Waals surface area contributed by atoms with E-state index in [1.54, 1.807) is 57.2 Å². The lowest BCUT2D eigenvalue weighted by atomic mass is 10.1. The predicted octanol–water partition coefficient (Wildman–Crippen LogP) is 8.28. The van der Waals surface area contributed by atoms with Crippen molar-refractivity contribution in [3.8, 4) is 5.75 Å². The van der Waals surface area contributed by atoms with Gasteiger partial charge in [0.25, 0.3) is 0 Å². The molecule has 0 atom stereocenters. The SMILES string of the molecule is CC(C)(C)OC(=O)c1ccc(N/C(=C/C(=N)c2cc(Cl)cc(Cl)c2)Nc2ccc(OC(F)(F)F)cc2)cc1. The van der Waals surface area contributed by atoms with Gasteiger partial charge in [-0.25, -0.2) is 4.79 Å². The van der Waals surface area contributed by atoms with Crippen LogP contribution in [0.15, 0.2) is 78.6 Å². The summed E-state index contributed by atoms with van der Waals surface area (Å²) in [5, 5.41) is 15.4. The summed E-state index contributed by atoms with van der Waals surface area (Å²) >= 11 is 12.1. The van der Waals surface area contributed by atoms with Gasteiger partial charge in [-0.15, -0.1) is 13.2 Å². The van der Waals surface area contributed by atoms with Crippen molar-refractivity contribution in [1.82, 2.24) is 0 Å². The first-order valence-electron chi connectivity index (χ1n) is 11.2. The molecule has 0 aliphatic heterocycles. The minimum absolute atomic E-state index is 0.0480. The van der Waals surface area contributed by atoms with E-state index in [9.17, 15) is 18.0 Å². The Morgan fingerprint density at radius 2 is 1.34 bits per heavy atom. The number of anilines is 2. The van der Waals surface area contributed by atoms with Crippen LogP contribution in [0, 0.1) is 5.41 Å². The molecule has 11 heteroatoms. The summed E-state index contributed by atoms with van der Waals surface area (Å²) in [6.45, 7) is 5.31. The van der Waals surface area contributed by atoms with Crippen LogP contribution in [-0.4, -0.2) is 23.6 Å². The average molecular weight is 566 g/mol. The van der Waals surface area contributed by atoms with E-state index in [1.807, 2.05) is 0 Å². The standard InChI is InChI=1S/C27H24Cl2F3N3O3/c1-26(2,3)38-25(36)16-4-6-20(7-5-16)34-24(15-23(33)17-12-18(28)14-19(29)13-17)35-21-8-10-22(11-9-21)37-27(30,31)32/h4-15,33-35H,1-3H3/b24-15-,33-23?. The van der Waals surface area contributed by atoms with E-state index in [1.165, 1.54) is 24.3 Å². The number of allylic oxidation sites excluding steroid dienone is 1. The molecule has 3 N–H and O–H groups in total. The van der Waals surface area contributed by atoms with Crippen LogP contribution in [-0.2, 0) is 4.74 Å². The quantitative estimate of drug-likeness (QED) is 0.189. The number of esters is 1. The molecule has 0 saturated heterocycles. The van der Waals surface area contributed by atoms with Crippen LogP contribution in [0.1, 0.15) is 36.7 Å². The van der Waals surface area contributed by atoms with Gasteiger partial charge in [0.1, 0.15) is 17.2 Å². The zero-order valence-electron chi connectivity index (χ0n) is 20.5. The van der Waals surface area contributed by atoms with Gasteiger partial charge in [0.05, 0.1) is 11.3 Å². The molecule has 0 amide bonds. The van der Waals surface area contributed by atoms with Gasteiger partial charge >= 0.3 is 12.3 Å². The number of benzene rings is 3. The lowest BCUT2D eigenvalue weighted by Gasteiger charge is -2.19. The zero-order chi connectivity index (χ0) is 28.1. The highest BCUT2D eigenvalue weighted by Gasteiger charge is 2.31. The van der Waals surface area contributed by atoms with Crippen LogP contribution >= 0.6 is 23.2 Å². The topological polar surface area (TPSA) is 83.4 Å². The lowest BCUT2D eigenvalue weighted by Crippen LogP contribution is -2.23. The molecule has 3 rings (SSSR count). The Balaban J connectivity index is 1.86. The maximum Gasteiger partial charge on any atom is 0.573 e. The fourth-order valence-electron chi connectivity index (χ4n) is 3.12. The maximum atomic E-state index is 12.5. The first kappa shape index (κ1) is 28.9. The molecule has 0 fully saturated rings. The number of rotatable bonds is 8. The number of nitrogens with one attached hydrogen (secondary N) is 3. The largest absolute Gasteiger partial charge is 0.573 e. The molecular weight excluding hydrogens is 542 g/mol. The highest BCUT2D eigenvalue weighted by molar-refractivity contribution is 6.35. The molecule has 3 aromatic rings. The molecule has 38 heavy (non-hydrogen) atoms. The lowest BCUT2D eigenvalue weighted by molar-refractivity contribution is -0.274. The third-order valence-corrected chi connectivity index (χ3v) is 5.06. The van der Waals surface area contributed by atoms with Gasteiger partial charge in [-0.3, -0.25) is 0 Å². The smallest absolute Gasteiger partial charge is 0.456 e. The number of alkyl halides is 3. The van der Waals surface area contributed by atoms with Gasteiger partial charge in [0, 0.05) is 33.1 Å². The number of carbonyl (C=O) groups excluding carboxylic acids is 1. The van der Waals surface area contributed by atoms with Crippen molar-refractivity contribution in [3.05, 3.63) is 99.8 Å². The summed E-state index contributed by atoms with van der Waals surface area (Å²) in [6, 6.07) is 16.2. The fraction of sp³-hybridized carbons (Fsp3) is 0.185. The number of hydrogen-bond acceptors (Lipinski definition) is 6. The first-order valence-corrected chi connectivity index (χ1v) is 11.9. The van der Waals surface area contributed by atoms with Gasteiger partial charge in [-0.2, -0.15) is 0 Å². The van der Waals surface area contributed by atoms with Crippen LogP contribution in [0.3, 0.4) is 0 Å². The van der Waals surface area contributed by atoms with Crippen molar-refractivity contribution in [1.29, 1.82) is 5.41 Å². The molecule has 200 valence electrons. The van der Waals surface area contributed by atoms with E-state index in [-0.39, 0.29) is 11.5 Å². The van der Waals surface area contributed by atoms with Gasteiger partial charge in [0.15, 0.2) is 0 Å². The van der Waals surface area contributed by atoms with Crippen LogP contribution in [0.25, 0.3) is 0 Å². The second-order valence-corrected chi connectivity index (χ2v) is 9.90. The van der Waals surface area contributed by atoms with Gasteiger partial charge in [-0.05, 0) is 87.5 Å². The van der Waals surface area contributed by atoms with Gasteiger partial charge < -0.3 is 25.5 Å². The first-order chi connectivity index (χ1) is 17.7. The van der Waals surface area contributed by atoms with Gasteiger partial charge in [-0.1, -0.05) is 23.2 Å². The van der Waals surface area contributed by atoms with Crippen molar-refractivity contribution in [2.24, 2.45) is 0 Å². The van der Waals surface area contributed by atoms with E-state index in [2.05, 4.69) is 15.4 Å². The number of hydrogen-bond donors (Lipinski definition) is 3. The summed E-state index contributed by atoms with van der Waals surface area (Å²) in [4.78, 5) is 12.3. The Bertz CT molecular complexity index is 1310. The van der Waals surface area contributed by atoms with Crippen molar-refractivity contribution < 1.29 is 27.4 Å². The Kier molecular flexibility index (Phi) is 8.96. The van der Waals surface area contributed by atoms with Crippen LogP contribution in [0.2, 0.25) is 10.0 Å². The second kappa shape index (κ2) is 11.8. The monoisotopic (exact) mass is 565 g/mol. The van der Waals surface area contributed by atoms with Crippen molar-refractivity contribution in [2.75, 3.05) is 10.6 Å². The molecule has 0 saturated carbocycles. The zero-order valence-corrected chi connectivity index (χ0v) is 22.1. The summed E-state index contributed by atoms with van der Waals surface area (Å²) in [5.74, 6) is -0.542. The highest BCUT2D eigenvalue weighted by atomic mass is 35.5. The number of carbonyl (C=O) groups is 1. The molecule has 0 radical (unpaired) electrons.